The Morgan fingerprint density at radius 2 is 0.847 bits per heavy atom. The minimum absolute atomic E-state index is 0.481. The number of para-hydroxylation sites is 5. The highest BCUT2D eigenvalue weighted by atomic mass is 16.3. The van der Waals surface area contributed by atoms with E-state index in [1.807, 2.05) is 72.8 Å². The van der Waals surface area contributed by atoms with Gasteiger partial charge >= 0.3 is 0 Å². The van der Waals surface area contributed by atoms with Gasteiger partial charge in [-0.05, 0) is 36.4 Å². The lowest BCUT2D eigenvalue weighted by atomic mass is 10.1. The summed E-state index contributed by atoms with van der Waals surface area (Å²) in [5, 5.41) is 6.20. The summed E-state index contributed by atoms with van der Waals surface area (Å²) in [7, 11) is 0. The summed E-state index contributed by atoms with van der Waals surface area (Å²) in [5.41, 5.74) is 9.67. The van der Waals surface area contributed by atoms with Crippen molar-refractivity contribution in [2.75, 3.05) is 0 Å². The van der Waals surface area contributed by atoms with Crippen LogP contribution >= 0.6 is 0 Å². The number of rotatable bonds is 5. The Bertz CT molecular complexity index is 3520. The van der Waals surface area contributed by atoms with E-state index in [4.69, 9.17) is 25.9 Å². The molecule has 0 saturated carbocycles. The highest BCUT2D eigenvalue weighted by Gasteiger charge is 2.27. The molecule has 0 N–H and O–H groups in total. The number of hydrogen-bond donors (Lipinski definition) is 0. The monoisotopic (exact) mass is 754 g/mol. The number of benzene rings is 8. The van der Waals surface area contributed by atoms with Crippen LogP contribution < -0.4 is 0 Å². The van der Waals surface area contributed by atoms with Gasteiger partial charge in [0.15, 0.2) is 17.5 Å². The first-order valence-corrected chi connectivity index (χ1v) is 19.5. The fraction of sp³-hybridized carbons (Fsp3) is 0. The Morgan fingerprint density at radius 1 is 0.407 bits per heavy atom. The zero-order chi connectivity index (χ0) is 39.0. The fourth-order valence-electron chi connectivity index (χ4n) is 8.83. The molecule has 0 amide bonds. The van der Waals surface area contributed by atoms with Gasteiger partial charge in [-0.2, -0.15) is 0 Å². The molecule has 7 heteroatoms. The number of aromatic nitrogens is 5. The first-order chi connectivity index (χ1) is 29.2. The molecule has 0 unspecified atom stereocenters. The van der Waals surface area contributed by atoms with Crippen LogP contribution in [0.25, 0.3) is 116 Å². The molecule has 0 radical (unpaired) electrons. The lowest BCUT2D eigenvalue weighted by Gasteiger charge is -2.17. The smallest absolute Gasteiger partial charge is 0.237 e. The largest absolute Gasteiger partial charge is 0.454 e. The average Bonchev–Trinajstić information content (AvgIpc) is 3.96. The third-order valence-electron chi connectivity index (χ3n) is 11.4. The molecule has 274 valence electrons. The van der Waals surface area contributed by atoms with Crippen LogP contribution in [0.5, 0.6) is 0 Å². The molecule has 0 aliphatic carbocycles. The van der Waals surface area contributed by atoms with E-state index in [0.29, 0.717) is 40.0 Å². The van der Waals surface area contributed by atoms with Crippen LogP contribution in [0.3, 0.4) is 0 Å². The maximum absolute atomic E-state index is 8.99. The summed E-state index contributed by atoms with van der Waals surface area (Å²) in [4.78, 5) is 19.6. The van der Waals surface area contributed by atoms with Crippen molar-refractivity contribution in [1.29, 1.82) is 0 Å². The zero-order valence-corrected chi connectivity index (χ0v) is 31.4. The van der Waals surface area contributed by atoms with Crippen LogP contribution in [0.15, 0.2) is 186 Å². The topological polar surface area (TPSA) is 66.0 Å². The molecule has 0 bridgehead atoms. The summed E-state index contributed by atoms with van der Waals surface area (Å²) in [6.45, 7) is 8.99. The summed E-state index contributed by atoms with van der Waals surface area (Å²) in [6.07, 6.45) is 0. The van der Waals surface area contributed by atoms with E-state index >= 15 is 0 Å². The molecule has 4 aromatic heterocycles. The number of nitrogens with zero attached hydrogens (tertiary/aromatic N) is 6. The molecule has 0 spiro atoms. The first kappa shape index (κ1) is 32.9. The van der Waals surface area contributed by atoms with Gasteiger partial charge in [0.2, 0.25) is 5.69 Å². The van der Waals surface area contributed by atoms with Gasteiger partial charge in [-0.25, -0.2) is 19.8 Å². The normalized spacial score (nSPS) is 11.7. The lowest BCUT2D eigenvalue weighted by molar-refractivity contribution is 0.667. The maximum Gasteiger partial charge on any atom is 0.237 e. The molecule has 4 heterocycles. The van der Waals surface area contributed by atoms with E-state index in [9.17, 15) is 0 Å². The summed E-state index contributed by atoms with van der Waals surface area (Å²) in [5.74, 6) is 1.63. The Kier molecular flexibility index (Phi) is 7.16. The second-order valence-electron chi connectivity index (χ2n) is 14.6. The van der Waals surface area contributed by atoms with Crippen LogP contribution in [-0.2, 0) is 0 Å². The van der Waals surface area contributed by atoms with E-state index in [2.05, 4.69) is 123 Å². The first-order valence-electron chi connectivity index (χ1n) is 19.5. The minimum Gasteiger partial charge on any atom is -0.454 e. The van der Waals surface area contributed by atoms with E-state index in [-0.39, 0.29) is 0 Å². The predicted octanol–water partition coefficient (Wildman–Crippen LogP) is 13.5. The molecule has 0 saturated heterocycles. The summed E-state index contributed by atoms with van der Waals surface area (Å²) < 4.78 is 11.6. The quantitative estimate of drug-likeness (QED) is 0.164. The number of fused-ring (bicyclic) bond motifs is 9. The van der Waals surface area contributed by atoms with E-state index in [1.165, 1.54) is 0 Å². The predicted molar refractivity (Wildman–Crippen MR) is 238 cm³/mol. The van der Waals surface area contributed by atoms with E-state index in [0.717, 1.165) is 76.8 Å². The summed E-state index contributed by atoms with van der Waals surface area (Å²) in [6, 6.07) is 61.8. The van der Waals surface area contributed by atoms with Crippen molar-refractivity contribution in [3.63, 3.8) is 0 Å². The SMILES string of the molecule is [C-]#[N+]c1c(-n2c3ccccc3c3ccccc32)cc2c(oc3c(-c4nc(-c5ccccc5)nc(-c5ccccc5)n4)cccc32)c1-n1c2ccccc2c2ccccc21. The van der Waals surface area contributed by atoms with Crippen LogP contribution in [0.1, 0.15) is 0 Å². The lowest BCUT2D eigenvalue weighted by Crippen LogP contribution is -2.00. The van der Waals surface area contributed by atoms with Crippen molar-refractivity contribution < 1.29 is 4.42 Å². The standard InChI is InChI=1S/C52H30N6O/c1-53-46-45(57-41-27-12-8-21-34(41)35-22-9-13-28-42(35)57)31-40-38-25-16-26-39(52-55-50(32-17-4-2-5-18-32)54-51(56-52)33-19-6-3-7-20-33)48(38)59-49(40)47(46)58-43-29-14-10-23-36(43)37-24-11-15-30-44(37)58/h2-31H. The van der Waals surface area contributed by atoms with Crippen LogP contribution in [0.4, 0.5) is 5.69 Å². The molecular formula is C52H30N6O. The third-order valence-corrected chi connectivity index (χ3v) is 11.4. The fourth-order valence-corrected chi connectivity index (χ4v) is 8.83. The van der Waals surface area contributed by atoms with Gasteiger partial charge < -0.3 is 13.6 Å². The second kappa shape index (κ2) is 12.8. The van der Waals surface area contributed by atoms with Crippen molar-refractivity contribution in [1.82, 2.24) is 24.1 Å². The molecule has 12 aromatic rings. The molecule has 0 fully saturated rings. The minimum atomic E-state index is 0.481. The van der Waals surface area contributed by atoms with Gasteiger partial charge in [0.1, 0.15) is 11.2 Å². The number of hydrogen-bond acceptors (Lipinski definition) is 4. The van der Waals surface area contributed by atoms with Crippen molar-refractivity contribution in [2.24, 2.45) is 0 Å². The Labute approximate surface area is 337 Å². The van der Waals surface area contributed by atoms with E-state index < -0.39 is 0 Å². The molecule has 8 aromatic carbocycles. The van der Waals surface area contributed by atoms with Gasteiger partial charge in [-0.3, -0.25) is 0 Å². The average molecular weight is 755 g/mol. The number of furan rings is 1. The van der Waals surface area contributed by atoms with Gasteiger partial charge in [0.25, 0.3) is 0 Å². The highest BCUT2D eigenvalue weighted by molar-refractivity contribution is 6.18. The Balaban J connectivity index is 1.23. The van der Waals surface area contributed by atoms with Crippen molar-refractivity contribution in [2.45, 2.75) is 0 Å². The molecule has 12 rings (SSSR count). The van der Waals surface area contributed by atoms with E-state index in [1.54, 1.807) is 0 Å². The van der Waals surface area contributed by atoms with Gasteiger partial charge in [-0.15, -0.1) is 0 Å². The molecular weight excluding hydrogens is 725 g/mol. The second-order valence-corrected chi connectivity index (χ2v) is 14.6. The summed E-state index contributed by atoms with van der Waals surface area (Å²) >= 11 is 0. The molecule has 59 heavy (non-hydrogen) atoms. The molecule has 7 nitrogen and oxygen atoms in total. The van der Waals surface area contributed by atoms with Crippen molar-refractivity contribution >= 4 is 71.2 Å². The van der Waals surface area contributed by atoms with Gasteiger partial charge in [-0.1, -0.05) is 146 Å². The van der Waals surface area contributed by atoms with Gasteiger partial charge in [0, 0.05) is 43.4 Å². The molecule has 0 aliphatic rings. The molecule has 0 aliphatic heterocycles. The van der Waals surface area contributed by atoms with Gasteiger partial charge in [0.05, 0.1) is 45.6 Å². The maximum atomic E-state index is 8.99. The zero-order valence-electron chi connectivity index (χ0n) is 31.4. The van der Waals surface area contributed by atoms with Crippen LogP contribution in [0.2, 0.25) is 0 Å². The van der Waals surface area contributed by atoms with Crippen molar-refractivity contribution in [3.8, 4) is 45.5 Å². The highest BCUT2D eigenvalue weighted by Crippen LogP contribution is 2.48. The van der Waals surface area contributed by atoms with Crippen LogP contribution in [0, 0.1) is 6.57 Å². The third kappa shape index (κ3) is 4.90. The van der Waals surface area contributed by atoms with Crippen molar-refractivity contribution in [3.05, 3.63) is 193 Å². The Morgan fingerprint density at radius 3 is 1.36 bits per heavy atom. The molecule has 0 atom stereocenters. The van der Waals surface area contributed by atoms with Crippen LogP contribution in [-0.4, -0.2) is 24.1 Å². The Hall–Kier alpha value is -8.34.